The predicted molar refractivity (Wildman–Crippen MR) is 118 cm³/mol. The zero-order valence-electron chi connectivity index (χ0n) is 15.9. The van der Waals surface area contributed by atoms with E-state index in [9.17, 15) is 4.79 Å². The minimum Gasteiger partial charge on any atom is -0.489 e. The van der Waals surface area contributed by atoms with E-state index in [-0.39, 0.29) is 5.78 Å². The summed E-state index contributed by atoms with van der Waals surface area (Å²) in [5.41, 5.74) is 5.04. The van der Waals surface area contributed by atoms with Crippen LogP contribution in [0.4, 0.5) is 0 Å². The fourth-order valence-electron chi connectivity index (χ4n) is 3.52. The van der Waals surface area contributed by atoms with Crippen LogP contribution < -0.4 is 4.74 Å². The number of allylic oxidation sites excluding steroid dienone is 1. The second-order valence-corrected chi connectivity index (χ2v) is 8.25. The van der Waals surface area contributed by atoms with Crippen LogP contribution in [0.3, 0.4) is 0 Å². The van der Waals surface area contributed by atoms with Gasteiger partial charge in [-0.2, -0.15) is 0 Å². The number of Topliss-reactive ketones (excluding diaryl/α,β-unsaturated/α-hetero) is 1. The minimum absolute atomic E-state index is 0.0968. The maximum absolute atomic E-state index is 12.8. The Bertz CT molecular complexity index is 1250. The monoisotopic (exact) mass is 397 g/mol. The van der Waals surface area contributed by atoms with E-state index in [0.29, 0.717) is 6.61 Å². The minimum atomic E-state index is 0.0968. The molecule has 2 heterocycles. The van der Waals surface area contributed by atoms with Gasteiger partial charge in [0.1, 0.15) is 12.4 Å². The second kappa shape index (κ2) is 7.30. The number of benzene rings is 3. The summed E-state index contributed by atoms with van der Waals surface area (Å²) in [6.07, 6.45) is 3.92. The van der Waals surface area contributed by atoms with Gasteiger partial charge < -0.3 is 9.72 Å². The maximum Gasteiger partial charge on any atom is 0.200 e. The highest BCUT2D eigenvalue weighted by Gasteiger charge is 2.26. The number of hydrogen-bond acceptors (Lipinski definition) is 3. The highest BCUT2D eigenvalue weighted by Crippen LogP contribution is 2.41. The summed E-state index contributed by atoms with van der Waals surface area (Å²) in [6.45, 7) is 2.53. The summed E-state index contributed by atoms with van der Waals surface area (Å²) in [4.78, 5) is 17.9. The molecular formula is C25H19NO2S. The van der Waals surface area contributed by atoms with Gasteiger partial charge in [0.2, 0.25) is 5.78 Å². The molecule has 0 spiro atoms. The quantitative estimate of drug-likeness (QED) is 0.406. The first-order valence-electron chi connectivity index (χ1n) is 9.50. The van der Waals surface area contributed by atoms with Crippen LogP contribution in [0.2, 0.25) is 0 Å². The molecular weight excluding hydrogens is 378 g/mol. The Morgan fingerprint density at radius 2 is 1.90 bits per heavy atom. The summed E-state index contributed by atoms with van der Waals surface area (Å²) in [6, 6.07) is 22.2. The van der Waals surface area contributed by atoms with Crippen molar-refractivity contribution in [2.24, 2.45) is 0 Å². The molecule has 0 fully saturated rings. The first-order valence-corrected chi connectivity index (χ1v) is 10.3. The topological polar surface area (TPSA) is 42.1 Å². The van der Waals surface area contributed by atoms with Crippen LogP contribution in [0.5, 0.6) is 5.75 Å². The number of thioether (sulfide) groups is 1. The number of ketones is 1. The summed E-state index contributed by atoms with van der Waals surface area (Å²) in [7, 11) is 0. The summed E-state index contributed by atoms with van der Waals surface area (Å²) in [5, 5.41) is 1.04. The number of H-pyrrole nitrogens is 1. The number of aryl methyl sites for hydroxylation is 1. The third-order valence-electron chi connectivity index (χ3n) is 5.04. The Hall–Kier alpha value is -3.24. The largest absolute Gasteiger partial charge is 0.489 e. The first-order chi connectivity index (χ1) is 14.2. The Morgan fingerprint density at radius 1 is 1.03 bits per heavy atom. The normalized spacial score (nSPS) is 14.5. The fraction of sp³-hybridized carbons (Fsp3) is 0.0800. The van der Waals surface area contributed by atoms with Crippen LogP contribution in [0.1, 0.15) is 27.0 Å². The summed E-state index contributed by atoms with van der Waals surface area (Å²) in [5.74, 6) is 0.907. The number of ether oxygens (including phenoxy) is 1. The smallest absolute Gasteiger partial charge is 0.200 e. The van der Waals surface area contributed by atoms with Gasteiger partial charge in [0.15, 0.2) is 0 Å². The summed E-state index contributed by atoms with van der Waals surface area (Å²) < 4.78 is 5.97. The van der Waals surface area contributed by atoms with E-state index in [1.807, 2.05) is 85.9 Å². The van der Waals surface area contributed by atoms with E-state index in [4.69, 9.17) is 4.74 Å². The van der Waals surface area contributed by atoms with Crippen molar-refractivity contribution in [2.45, 2.75) is 18.4 Å². The van der Waals surface area contributed by atoms with Crippen LogP contribution >= 0.6 is 11.8 Å². The van der Waals surface area contributed by atoms with Crippen molar-refractivity contribution >= 4 is 34.5 Å². The number of fused-ring (bicyclic) bond motifs is 2. The molecule has 4 aromatic rings. The van der Waals surface area contributed by atoms with Gasteiger partial charge in [-0.3, -0.25) is 4.79 Å². The fourth-order valence-corrected chi connectivity index (χ4v) is 4.54. The van der Waals surface area contributed by atoms with Crippen molar-refractivity contribution in [3.05, 3.63) is 100 Å². The van der Waals surface area contributed by atoms with Crippen molar-refractivity contribution in [3.8, 4) is 5.75 Å². The van der Waals surface area contributed by atoms with Gasteiger partial charge in [0.25, 0.3) is 0 Å². The van der Waals surface area contributed by atoms with E-state index in [0.717, 1.165) is 48.7 Å². The van der Waals surface area contributed by atoms with Gasteiger partial charge in [-0.15, -0.1) is 0 Å². The van der Waals surface area contributed by atoms with Crippen LogP contribution in [0.25, 0.3) is 17.0 Å². The van der Waals surface area contributed by atoms with Crippen LogP contribution in [-0.2, 0) is 6.61 Å². The Balaban J connectivity index is 1.44. The van der Waals surface area contributed by atoms with Crippen molar-refractivity contribution < 1.29 is 9.53 Å². The second-order valence-electron chi connectivity index (χ2n) is 7.17. The molecule has 0 unspecified atom stereocenters. The number of carbonyl (C=O) groups excluding carboxylic acids is 1. The molecule has 1 aliphatic rings. The van der Waals surface area contributed by atoms with Crippen molar-refractivity contribution in [2.75, 3.05) is 0 Å². The van der Waals surface area contributed by atoms with E-state index < -0.39 is 0 Å². The van der Waals surface area contributed by atoms with E-state index in [2.05, 4.69) is 4.98 Å². The molecule has 0 radical (unpaired) electrons. The maximum atomic E-state index is 12.8. The van der Waals surface area contributed by atoms with Gasteiger partial charge in [0, 0.05) is 33.1 Å². The molecule has 29 heavy (non-hydrogen) atoms. The highest BCUT2D eigenvalue weighted by molar-refractivity contribution is 8.04. The average molecular weight is 397 g/mol. The standard InChI is InChI=1S/C25H19NO2S/c1-16-7-10-23-21(11-16)25(27)24(29-23)12-18-14-26-22-9-8-19(13-20(18)22)28-15-17-5-3-2-4-6-17/h2-14,26H,15H2,1H3/b24-12-. The molecule has 3 nitrogen and oxygen atoms in total. The number of rotatable bonds is 4. The first kappa shape index (κ1) is 17.8. The number of aromatic amines is 1. The van der Waals surface area contributed by atoms with Crippen LogP contribution in [0, 0.1) is 6.92 Å². The molecule has 0 atom stereocenters. The third kappa shape index (κ3) is 3.47. The summed E-state index contributed by atoms with van der Waals surface area (Å²) >= 11 is 1.54. The number of aromatic nitrogens is 1. The lowest BCUT2D eigenvalue weighted by Crippen LogP contribution is -1.95. The van der Waals surface area contributed by atoms with Gasteiger partial charge in [0.05, 0.1) is 4.91 Å². The number of carbonyl (C=O) groups is 1. The zero-order valence-corrected chi connectivity index (χ0v) is 16.8. The molecule has 0 aliphatic carbocycles. The molecule has 0 amide bonds. The molecule has 1 aliphatic heterocycles. The Labute approximate surface area is 173 Å². The molecule has 0 bridgehead atoms. The zero-order chi connectivity index (χ0) is 19.8. The van der Waals surface area contributed by atoms with Crippen LogP contribution in [-0.4, -0.2) is 10.8 Å². The molecule has 3 aromatic carbocycles. The Kier molecular flexibility index (Phi) is 4.49. The molecule has 1 aromatic heterocycles. The molecule has 1 N–H and O–H groups in total. The van der Waals surface area contributed by atoms with Gasteiger partial charge in [-0.25, -0.2) is 0 Å². The third-order valence-corrected chi connectivity index (χ3v) is 6.14. The number of nitrogens with one attached hydrogen (secondary N) is 1. The molecule has 0 saturated carbocycles. The van der Waals surface area contributed by atoms with E-state index in [1.165, 1.54) is 11.8 Å². The Morgan fingerprint density at radius 3 is 2.76 bits per heavy atom. The van der Waals surface area contributed by atoms with E-state index in [1.54, 1.807) is 0 Å². The van der Waals surface area contributed by atoms with Gasteiger partial charge in [-0.05, 0) is 48.9 Å². The van der Waals surface area contributed by atoms with Crippen LogP contribution in [0.15, 0.2) is 82.7 Å². The highest BCUT2D eigenvalue weighted by atomic mass is 32.2. The number of hydrogen-bond donors (Lipinski definition) is 1. The molecule has 5 rings (SSSR count). The SMILES string of the molecule is Cc1ccc2c(c1)C(=O)/C(=C/c1c[nH]c3ccc(OCc4ccccc4)cc13)S2. The lowest BCUT2D eigenvalue weighted by molar-refractivity contribution is 0.104. The lowest BCUT2D eigenvalue weighted by atomic mass is 10.1. The van der Waals surface area contributed by atoms with Crippen molar-refractivity contribution in [1.29, 1.82) is 0 Å². The van der Waals surface area contributed by atoms with Gasteiger partial charge in [-0.1, -0.05) is 53.7 Å². The lowest BCUT2D eigenvalue weighted by Gasteiger charge is -2.06. The molecule has 4 heteroatoms. The average Bonchev–Trinajstić information content (AvgIpc) is 3.28. The molecule has 0 saturated heterocycles. The van der Waals surface area contributed by atoms with Gasteiger partial charge >= 0.3 is 0 Å². The van der Waals surface area contributed by atoms with Crippen molar-refractivity contribution in [1.82, 2.24) is 4.98 Å². The molecule has 142 valence electrons. The van der Waals surface area contributed by atoms with E-state index >= 15 is 0 Å². The van der Waals surface area contributed by atoms with Crippen molar-refractivity contribution in [3.63, 3.8) is 0 Å². The predicted octanol–water partition coefficient (Wildman–Crippen LogP) is 6.38.